The summed E-state index contributed by atoms with van der Waals surface area (Å²) >= 11 is 0. The van der Waals surface area contributed by atoms with Crippen molar-refractivity contribution in [1.82, 2.24) is 15.1 Å². The number of hydrogen-bond acceptors (Lipinski definition) is 6. The molecule has 3 N–H and O–H groups in total. The average Bonchev–Trinajstić information content (AvgIpc) is 2.84. The summed E-state index contributed by atoms with van der Waals surface area (Å²) in [5, 5.41) is 15.4. The highest BCUT2D eigenvalue weighted by Crippen LogP contribution is 2.30. The third-order valence-corrected chi connectivity index (χ3v) is 6.84. The van der Waals surface area contributed by atoms with E-state index in [1.807, 2.05) is 0 Å². The molecule has 0 radical (unpaired) electrons. The van der Waals surface area contributed by atoms with E-state index in [9.17, 15) is 19.5 Å². The van der Waals surface area contributed by atoms with Crippen molar-refractivity contribution in [2.45, 2.75) is 52.2 Å². The van der Waals surface area contributed by atoms with Gasteiger partial charge in [0.05, 0.1) is 5.92 Å². The fourth-order valence-corrected chi connectivity index (χ4v) is 4.68. The van der Waals surface area contributed by atoms with Gasteiger partial charge in [-0.15, -0.1) is 0 Å². The summed E-state index contributed by atoms with van der Waals surface area (Å²) in [6.07, 6.45) is 6.96. The Morgan fingerprint density at radius 1 is 1.20 bits per heavy atom. The second-order valence-corrected chi connectivity index (χ2v) is 9.44. The lowest BCUT2D eigenvalue weighted by Crippen LogP contribution is -2.67. The number of carbonyl (C=O) groups excluding carboxylic acids is 2. The summed E-state index contributed by atoms with van der Waals surface area (Å²) in [4.78, 5) is 43.9. The number of urea groups is 2. The van der Waals surface area contributed by atoms with Gasteiger partial charge in [-0.25, -0.2) is 19.5 Å². The molecule has 0 bridgehead atoms. The topological polar surface area (TPSA) is 124 Å². The predicted molar refractivity (Wildman–Crippen MR) is 131 cm³/mol. The first-order valence-corrected chi connectivity index (χ1v) is 12.2. The molecular formula is C25H33N5O5. The van der Waals surface area contributed by atoms with Gasteiger partial charge >= 0.3 is 18.0 Å². The van der Waals surface area contributed by atoms with E-state index < -0.39 is 24.2 Å². The molecule has 188 valence electrons. The molecule has 4 amide bonds. The minimum absolute atomic E-state index is 0.185. The van der Waals surface area contributed by atoms with Gasteiger partial charge < -0.3 is 15.2 Å². The minimum Gasteiger partial charge on any atom is -0.481 e. The number of benzene rings is 1. The van der Waals surface area contributed by atoms with E-state index in [0.29, 0.717) is 36.3 Å². The van der Waals surface area contributed by atoms with E-state index in [1.165, 1.54) is 17.2 Å². The quantitative estimate of drug-likeness (QED) is 0.537. The zero-order chi connectivity index (χ0) is 24.9. The number of aliphatic carboxylic acids is 1. The number of nitrogens with one attached hydrogen (secondary N) is 2. The fraction of sp³-hybridized carbons (Fsp3) is 0.520. The SMILES string of the molecule is CCN1C(=O)NC(Nc2ccc(OC3=NC=CC(C(=O)O)C3)cc2)N(CC2CCC(C)CC2)C1=O. The lowest BCUT2D eigenvalue weighted by atomic mass is 9.83. The molecule has 10 nitrogen and oxygen atoms in total. The van der Waals surface area contributed by atoms with Crippen LogP contribution >= 0.6 is 0 Å². The first-order chi connectivity index (χ1) is 16.8. The van der Waals surface area contributed by atoms with E-state index in [2.05, 4.69) is 22.5 Å². The molecule has 3 aliphatic rings. The van der Waals surface area contributed by atoms with Crippen LogP contribution in [0.2, 0.25) is 0 Å². The highest BCUT2D eigenvalue weighted by molar-refractivity contribution is 5.96. The third kappa shape index (κ3) is 5.93. The van der Waals surface area contributed by atoms with Crippen LogP contribution in [-0.4, -0.2) is 58.2 Å². The second-order valence-electron chi connectivity index (χ2n) is 9.44. The zero-order valence-corrected chi connectivity index (χ0v) is 20.1. The van der Waals surface area contributed by atoms with Gasteiger partial charge in [-0.3, -0.25) is 15.0 Å². The lowest BCUT2D eigenvalue weighted by molar-refractivity contribution is -0.139. The first kappa shape index (κ1) is 24.6. The summed E-state index contributed by atoms with van der Waals surface area (Å²) in [6, 6.07) is 6.33. The van der Waals surface area contributed by atoms with Gasteiger partial charge in [0.15, 0.2) is 12.2 Å². The van der Waals surface area contributed by atoms with Crippen LogP contribution in [0.3, 0.4) is 0 Å². The average molecular weight is 484 g/mol. The van der Waals surface area contributed by atoms with E-state index in [-0.39, 0.29) is 12.5 Å². The Kier molecular flexibility index (Phi) is 7.57. The number of carbonyl (C=O) groups is 3. The van der Waals surface area contributed by atoms with Gasteiger partial charge in [-0.05, 0) is 55.9 Å². The number of carboxylic acids is 1. The van der Waals surface area contributed by atoms with Crippen LogP contribution in [0.25, 0.3) is 0 Å². The van der Waals surface area contributed by atoms with Crippen molar-refractivity contribution in [3.63, 3.8) is 0 Å². The van der Waals surface area contributed by atoms with E-state index in [1.54, 1.807) is 36.1 Å². The zero-order valence-electron chi connectivity index (χ0n) is 20.1. The van der Waals surface area contributed by atoms with Gasteiger partial charge in [0.25, 0.3) is 0 Å². The Morgan fingerprint density at radius 3 is 2.57 bits per heavy atom. The highest BCUT2D eigenvalue weighted by Gasteiger charge is 2.39. The van der Waals surface area contributed by atoms with Crippen LogP contribution in [0.4, 0.5) is 15.3 Å². The number of imide groups is 1. The van der Waals surface area contributed by atoms with Crippen molar-refractivity contribution in [1.29, 1.82) is 0 Å². The van der Waals surface area contributed by atoms with Crippen molar-refractivity contribution in [3.05, 3.63) is 36.5 Å². The fourth-order valence-electron chi connectivity index (χ4n) is 4.68. The standard InChI is InChI=1S/C25H33N5O5/c1-3-29-24(33)28-23(30(25(29)34)15-17-6-4-16(2)5-7-17)27-19-8-10-20(11-9-19)35-21-14-18(22(31)32)12-13-26-21/h8-13,16-18,23,27H,3-7,14-15H2,1-2H3,(H,28,33)(H,31,32). The molecule has 2 unspecified atom stereocenters. The molecule has 2 fully saturated rings. The van der Waals surface area contributed by atoms with Crippen LogP contribution in [-0.2, 0) is 4.79 Å². The highest BCUT2D eigenvalue weighted by atomic mass is 16.5. The van der Waals surface area contributed by atoms with E-state index >= 15 is 0 Å². The van der Waals surface area contributed by atoms with E-state index in [0.717, 1.165) is 31.6 Å². The van der Waals surface area contributed by atoms with Crippen molar-refractivity contribution >= 4 is 29.6 Å². The Morgan fingerprint density at radius 2 is 1.91 bits per heavy atom. The van der Waals surface area contributed by atoms with Crippen LogP contribution < -0.4 is 15.4 Å². The largest absolute Gasteiger partial charge is 0.481 e. The lowest BCUT2D eigenvalue weighted by Gasteiger charge is -2.43. The van der Waals surface area contributed by atoms with Crippen LogP contribution in [0.15, 0.2) is 41.5 Å². The molecule has 2 heterocycles. The maximum absolute atomic E-state index is 13.1. The molecule has 1 aromatic rings. The number of aliphatic imine (C=N–C) groups is 1. The molecule has 35 heavy (non-hydrogen) atoms. The van der Waals surface area contributed by atoms with Crippen molar-refractivity contribution in [2.75, 3.05) is 18.4 Å². The smallest absolute Gasteiger partial charge is 0.331 e. The number of anilines is 1. The minimum atomic E-state index is -0.921. The molecule has 2 atom stereocenters. The van der Waals surface area contributed by atoms with Gasteiger partial charge in [0, 0.05) is 31.4 Å². The van der Waals surface area contributed by atoms with Gasteiger partial charge in [0.2, 0.25) is 0 Å². The summed E-state index contributed by atoms with van der Waals surface area (Å²) in [5.41, 5.74) is 0.705. The monoisotopic (exact) mass is 483 g/mol. The Hall–Kier alpha value is -3.56. The molecular weight excluding hydrogens is 450 g/mol. The van der Waals surface area contributed by atoms with E-state index in [4.69, 9.17) is 4.74 Å². The number of carboxylic acid groups (broad SMARTS) is 1. The van der Waals surface area contributed by atoms with Crippen molar-refractivity contribution < 1.29 is 24.2 Å². The number of hydrogen-bond donors (Lipinski definition) is 3. The van der Waals surface area contributed by atoms with Gasteiger partial charge in [-0.2, -0.15) is 0 Å². The Bertz CT molecular complexity index is 1000. The van der Waals surface area contributed by atoms with Crippen molar-refractivity contribution in [2.24, 2.45) is 22.7 Å². The Balaban J connectivity index is 1.42. The molecule has 1 saturated heterocycles. The number of amides is 4. The molecule has 1 saturated carbocycles. The second kappa shape index (κ2) is 10.8. The Labute approximate surface area is 205 Å². The van der Waals surface area contributed by atoms with Crippen LogP contribution in [0.5, 0.6) is 5.75 Å². The van der Waals surface area contributed by atoms with Crippen LogP contribution in [0.1, 0.15) is 46.0 Å². The normalized spacial score (nSPS) is 26.7. The molecule has 2 aliphatic heterocycles. The first-order valence-electron chi connectivity index (χ1n) is 12.2. The number of nitrogens with zero attached hydrogens (tertiary/aromatic N) is 3. The summed E-state index contributed by atoms with van der Waals surface area (Å²) < 4.78 is 5.74. The molecule has 0 aromatic heterocycles. The summed E-state index contributed by atoms with van der Waals surface area (Å²) in [5.74, 6) is 0.396. The maximum Gasteiger partial charge on any atom is 0.331 e. The van der Waals surface area contributed by atoms with Crippen LogP contribution in [0, 0.1) is 17.8 Å². The molecule has 0 spiro atoms. The molecule has 1 aromatic carbocycles. The number of rotatable bonds is 7. The van der Waals surface area contributed by atoms with Crippen molar-refractivity contribution in [3.8, 4) is 5.75 Å². The molecule has 1 aliphatic carbocycles. The molecule has 10 heteroatoms. The summed E-state index contributed by atoms with van der Waals surface area (Å²) in [7, 11) is 0. The summed E-state index contributed by atoms with van der Waals surface area (Å²) in [6.45, 7) is 4.94. The predicted octanol–water partition coefficient (Wildman–Crippen LogP) is 4.07. The van der Waals surface area contributed by atoms with Gasteiger partial charge in [0.1, 0.15) is 5.75 Å². The molecule has 4 rings (SSSR count). The van der Waals surface area contributed by atoms with Gasteiger partial charge in [-0.1, -0.05) is 25.8 Å². The maximum atomic E-state index is 13.1. The third-order valence-electron chi connectivity index (χ3n) is 6.84. The number of ether oxygens (including phenoxy) is 1.